The van der Waals surface area contributed by atoms with Gasteiger partial charge in [0.15, 0.2) is 0 Å². The lowest BCUT2D eigenvalue weighted by Crippen LogP contribution is -2.33. The first-order chi connectivity index (χ1) is 9.19. The summed E-state index contributed by atoms with van der Waals surface area (Å²) in [6.07, 6.45) is 0.899. The van der Waals surface area contributed by atoms with Gasteiger partial charge in [-0.3, -0.25) is 4.90 Å². The van der Waals surface area contributed by atoms with Crippen molar-refractivity contribution < 1.29 is 25.5 Å². The van der Waals surface area contributed by atoms with Crippen LogP contribution >= 0.6 is 0 Å². The van der Waals surface area contributed by atoms with Crippen LogP contribution in [0.4, 0.5) is 0 Å². The van der Waals surface area contributed by atoms with Gasteiger partial charge in [-0.15, -0.1) is 0 Å². The third-order valence-electron chi connectivity index (χ3n) is 2.51. The van der Waals surface area contributed by atoms with Crippen LogP contribution in [0.15, 0.2) is 0 Å². The lowest BCUT2D eigenvalue weighted by Gasteiger charge is -2.17. The second-order valence-electron chi connectivity index (χ2n) is 3.98. The standard InChI is InChI=1S/C6H15NO3.C6H15NO2/c8-4-1-7(2-5-9)3-6-10;1-2-6(5-9)7-3-4-8/h8-10H,1-6H2;6-9H,2-5H2,1H3. The summed E-state index contributed by atoms with van der Waals surface area (Å²) >= 11 is 0. The van der Waals surface area contributed by atoms with Crippen molar-refractivity contribution in [1.29, 1.82) is 0 Å². The van der Waals surface area contributed by atoms with Gasteiger partial charge in [-0.1, -0.05) is 6.92 Å². The molecule has 1 unspecified atom stereocenters. The molecule has 6 N–H and O–H groups in total. The number of hydrogen-bond acceptors (Lipinski definition) is 7. The maximum atomic E-state index is 8.61. The van der Waals surface area contributed by atoms with Crippen LogP contribution in [0.25, 0.3) is 0 Å². The van der Waals surface area contributed by atoms with E-state index in [0.717, 1.165) is 6.42 Å². The highest BCUT2D eigenvalue weighted by Gasteiger charge is 2.00. The highest BCUT2D eigenvalue weighted by molar-refractivity contribution is 4.61. The first kappa shape index (κ1) is 21.0. The molecule has 0 heterocycles. The number of aliphatic hydroxyl groups excluding tert-OH is 5. The van der Waals surface area contributed by atoms with Gasteiger partial charge >= 0.3 is 0 Å². The van der Waals surface area contributed by atoms with Crippen LogP contribution in [0.3, 0.4) is 0 Å². The molecular weight excluding hydrogens is 252 g/mol. The summed E-state index contributed by atoms with van der Waals surface area (Å²) in [5, 5.41) is 45.4. The molecule has 0 rings (SSSR count). The molecular formula is C12H30N2O5. The molecule has 0 aromatic rings. The molecule has 0 aromatic heterocycles. The maximum Gasteiger partial charge on any atom is 0.0584 e. The average molecular weight is 282 g/mol. The maximum absolute atomic E-state index is 8.61. The number of rotatable bonds is 11. The molecule has 7 nitrogen and oxygen atoms in total. The van der Waals surface area contributed by atoms with Crippen molar-refractivity contribution in [2.24, 2.45) is 0 Å². The van der Waals surface area contributed by atoms with E-state index in [1.165, 1.54) is 0 Å². The zero-order valence-corrected chi connectivity index (χ0v) is 11.8. The molecule has 0 radical (unpaired) electrons. The van der Waals surface area contributed by atoms with Gasteiger partial charge in [0.2, 0.25) is 0 Å². The number of aliphatic hydroxyl groups is 5. The van der Waals surface area contributed by atoms with Gasteiger partial charge in [-0.05, 0) is 6.42 Å². The van der Waals surface area contributed by atoms with E-state index >= 15 is 0 Å². The number of hydrogen-bond donors (Lipinski definition) is 6. The molecule has 7 heteroatoms. The Morgan fingerprint density at radius 2 is 1.32 bits per heavy atom. The Bertz CT molecular complexity index is 145. The summed E-state index contributed by atoms with van der Waals surface area (Å²) in [6, 6.07) is 0.150. The van der Waals surface area contributed by atoms with E-state index in [1.807, 2.05) is 6.92 Å². The zero-order valence-electron chi connectivity index (χ0n) is 11.8. The molecule has 19 heavy (non-hydrogen) atoms. The number of nitrogens with one attached hydrogen (secondary N) is 1. The molecule has 118 valence electrons. The Morgan fingerprint density at radius 1 is 0.842 bits per heavy atom. The van der Waals surface area contributed by atoms with Gasteiger partial charge in [0.25, 0.3) is 0 Å². The Morgan fingerprint density at radius 3 is 1.58 bits per heavy atom. The fourth-order valence-electron chi connectivity index (χ4n) is 1.37. The summed E-state index contributed by atoms with van der Waals surface area (Å²) in [7, 11) is 0. The Hall–Kier alpha value is -0.280. The van der Waals surface area contributed by atoms with Crippen molar-refractivity contribution in [3.63, 3.8) is 0 Å². The van der Waals surface area contributed by atoms with Crippen molar-refractivity contribution in [3.8, 4) is 0 Å². The fraction of sp³-hybridized carbons (Fsp3) is 1.00. The minimum absolute atomic E-state index is 0.0694. The van der Waals surface area contributed by atoms with Gasteiger partial charge in [-0.25, -0.2) is 0 Å². The van der Waals surface area contributed by atoms with E-state index in [1.54, 1.807) is 4.90 Å². The molecule has 0 fully saturated rings. The summed E-state index contributed by atoms with van der Waals surface area (Å²) in [6.45, 7) is 4.60. The van der Waals surface area contributed by atoms with Crippen molar-refractivity contribution in [2.45, 2.75) is 19.4 Å². The Labute approximate surface area is 115 Å². The molecule has 1 atom stereocenters. The van der Waals surface area contributed by atoms with Crippen molar-refractivity contribution >= 4 is 0 Å². The van der Waals surface area contributed by atoms with Crippen molar-refractivity contribution in [2.75, 3.05) is 59.2 Å². The Kier molecular flexibility index (Phi) is 19.6. The normalized spacial score (nSPS) is 12.2. The highest BCUT2D eigenvalue weighted by atomic mass is 16.3. The molecule has 0 aliphatic heterocycles. The minimum atomic E-state index is 0.0694. The third-order valence-corrected chi connectivity index (χ3v) is 2.51. The van der Waals surface area contributed by atoms with Gasteiger partial charge in [0, 0.05) is 32.2 Å². The monoisotopic (exact) mass is 282 g/mol. The van der Waals surface area contributed by atoms with E-state index in [4.69, 9.17) is 25.5 Å². The second kappa shape index (κ2) is 17.7. The van der Waals surface area contributed by atoms with Crippen LogP contribution < -0.4 is 5.32 Å². The predicted molar refractivity (Wildman–Crippen MR) is 74.0 cm³/mol. The predicted octanol–water partition coefficient (Wildman–Crippen LogP) is -2.40. The molecule has 0 aliphatic carbocycles. The van der Waals surface area contributed by atoms with E-state index in [0.29, 0.717) is 26.2 Å². The first-order valence-electron chi connectivity index (χ1n) is 6.70. The van der Waals surface area contributed by atoms with Crippen LogP contribution in [-0.2, 0) is 0 Å². The molecule has 0 saturated carbocycles. The highest BCUT2D eigenvalue weighted by Crippen LogP contribution is 1.86. The third kappa shape index (κ3) is 15.7. The number of nitrogens with zero attached hydrogens (tertiary/aromatic N) is 1. The lowest BCUT2D eigenvalue weighted by molar-refractivity contribution is 0.136. The van der Waals surface area contributed by atoms with Gasteiger partial charge in [-0.2, -0.15) is 0 Å². The largest absolute Gasteiger partial charge is 0.395 e. The zero-order chi connectivity index (χ0) is 14.9. The molecule has 0 spiro atoms. The quantitative estimate of drug-likeness (QED) is 0.250. The van der Waals surface area contributed by atoms with Crippen molar-refractivity contribution in [1.82, 2.24) is 10.2 Å². The van der Waals surface area contributed by atoms with Gasteiger partial charge < -0.3 is 30.8 Å². The topological polar surface area (TPSA) is 116 Å². The molecule has 0 saturated heterocycles. The average Bonchev–Trinajstić information content (AvgIpc) is 2.42. The smallest absolute Gasteiger partial charge is 0.0584 e. The van der Waals surface area contributed by atoms with Gasteiger partial charge in [0.1, 0.15) is 0 Å². The molecule has 0 amide bonds. The summed E-state index contributed by atoms with van der Waals surface area (Å²) in [4.78, 5) is 1.79. The van der Waals surface area contributed by atoms with E-state index in [-0.39, 0.29) is 39.1 Å². The lowest BCUT2D eigenvalue weighted by atomic mass is 10.2. The van der Waals surface area contributed by atoms with Crippen LogP contribution in [0, 0.1) is 0 Å². The van der Waals surface area contributed by atoms with Crippen LogP contribution in [-0.4, -0.2) is 95.7 Å². The summed E-state index contributed by atoms with van der Waals surface area (Å²) in [5.74, 6) is 0. The van der Waals surface area contributed by atoms with Crippen LogP contribution in [0.2, 0.25) is 0 Å². The van der Waals surface area contributed by atoms with Crippen LogP contribution in [0.5, 0.6) is 0 Å². The fourth-order valence-corrected chi connectivity index (χ4v) is 1.37. The summed E-state index contributed by atoms with van der Waals surface area (Å²) in [5.41, 5.74) is 0. The van der Waals surface area contributed by atoms with E-state index in [9.17, 15) is 0 Å². The minimum Gasteiger partial charge on any atom is -0.395 e. The van der Waals surface area contributed by atoms with E-state index in [2.05, 4.69) is 5.32 Å². The SMILES string of the molecule is CCC(CO)NCCO.OCCN(CCO)CCO. The molecule has 0 bridgehead atoms. The van der Waals surface area contributed by atoms with Crippen molar-refractivity contribution in [3.05, 3.63) is 0 Å². The summed E-state index contributed by atoms with van der Waals surface area (Å²) < 4.78 is 0. The van der Waals surface area contributed by atoms with E-state index < -0.39 is 0 Å². The van der Waals surface area contributed by atoms with Crippen LogP contribution in [0.1, 0.15) is 13.3 Å². The second-order valence-corrected chi connectivity index (χ2v) is 3.98. The van der Waals surface area contributed by atoms with Gasteiger partial charge in [0.05, 0.1) is 33.0 Å². The Balaban J connectivity index is 0. The molecule has 0 aliphatic rings. The first-order valence-corrected chi connectivity index (χ1v) is 6.70. The molecule has 0 aromatic carbocycles.